The van der Waals surface area contributed by atoms with Crippen molar-refractivity contribution in [1.29, 1.82) is 0 Å². The summed E-state index contributed by atoms with van der Waals surface area (Å²) in [6.45, 7) is 5.92. The fourth-order valence-electron chi connectivity index (χ4n) is 3.08. The molecule has 0 aliphatic carbocycles. The fraction of sp³-hybridized carbons (Fsp3) is 0.333. The summed E-state index contributed by atoms with van der Waals surface area (Å²) in [5.74, 6) is 1.90. The SMILES string of the molecule is CCCCOc1ccc(P(c2ccccc2)c2ccc(OCCCC)cc2)cc1.O=S(=O)(O)C(F)(F)F. The molecule has 0 unspecified atom stereocenters. The second-order valence-electron chi connectivity index (χ2n) is 7.98. The minimum Gasteiger partial charge on any atom is -0.494 e. The van der Waals surface area contributed by atoms with E-state index < -0.39 is 23.5 Å². The van der Waals surface area contributed by atoms with Crippen LogP contribution in [0, 0.1) is 0 Å². The molecule has 0 aliphatic heterocycles. The third-order valence-electron chi connectivity index (χ3n) is 5.03. The molecule has 0 heterocycles. The second-order valence-corrected chi connectivity index (χ2v) is 11.6. The van der Waals surface area contributed by atoms with Gasteiger partial charge in [0.25, 0.3) is 0 Å². The summed E-state index contributed by atoms with van der Waals surface area (Å²) < 4.78 is 69.2. The third-order valence-corrected chi connectivity index (χ3v) is 8.06. The monoisotopic (exact) mass is 556 g/mol. The Balaban J connectivity index is 0.000000521. The zero-order chi connectivity index (χ0) is 27.3. The lowest BCUT2D eigenvalue weighted by atomic mass is 10.3. The van der Waals surface area contributed by atoms with Crippen molar-refractivity contribution in [2.45, 2.75) is 45.0 Å². The van der Waals surface area contributed by atoms with Gasteiger partial charge in [0.1, 0.15) is 11.5 Å². The average molecular weight is 557 g/mol. The molecule has 3 aromatic rings. The van der Waals surface area contributed by atoms with Gasteiger partial charge in [-0.15, -0.1) is 0 Å². The van der Waals surface area contributed by atoms with E-state index in [4.69, 9.17) is 22.4 Å². The van der Waals surface area contributed by atoms with Crippen LogP contribution >= 0.6 is 7.92 Å². The number of hydrogen-bond acceptors (Lipinski definition) is 4. The summed E-state index contributed by atoms with van der Waals surface area (Å²) in [7, 11) is -6.45. The molecule has 0 bridgehead atoms. The average Bonchev–Trinajstić information content (AvgIpc) is 2.86. The molecule has 3 aromatic carbocycles. The first-order valence-electron chi connectivity index (χ1n) is 11.9. The van der Waals surface area contributed by atoms with Gasteiger partial charge >= 0.3 is 15.6 Å². The molecule has 37 heavy (non-hydrogen) atoms. The van der Waals surface area contributed by atoms with E-state index in [0.29, 0.717) is 0 Å². The van der Waals surface area contributed by atoms with Crippen molar-refractivity contribution in [2.75, 3.05) is 13.2 Å². The Morgan fingerprint density at radius 1 is 0.703 bits per heavy atom. The van der Waals surface area contributed by atoms with Crippen molar-refractivity contribution in [2.24, 2.45) is 0 Å². The Hall–Kier alpha value is -2.61. The quantitative estimate of drug-likeness (QED) is 0.132. The zero-order valence-electron chi connectivity index (χ0n) is 20.8. The lowest BCUT2D eigenvalue weighted by Gasteiger charge is -2.20. The van der Waals surface area contributed by atoms with Gasteiger partial charge < -0.3 is 9.47 Å². The van der Waals surface area contributed by atoms with Crippen molar-refractivity contribution in [3.8, 4) is 11.5 Å². The van der Waals surface area contributed by atoms with Gasteiger partial charge in [0.2, 0.25) is 0 Å². The van der Waals surface area contributed by atoms with Gasteiger partial charge in [-0.05, 0) is 60.9 Å². The molecule has 1 N–H and O–H groups in total. The van der Waals surface area contributed by atoms with Crippen LogP contribution in [0.15, 0.2) is 78.9 Å². The van der Waals surface area contributed by atoms with Crippen LogP contribution in [-0.4, -0.2) is 31.7 Å². The highest BCUT2D eigenvalue weighted by Crippen LogP contribution is 2.34. The van der Waals surface area contributed by atoms with E-state index in [-0.39, 0.29) is 0 Å². The first-order valence-corrected chi connectivity index (χ1v) is 14.7. The Morgan fingerprint density at radius 2 is 1.05 bits per heavy atom. The predicted molar refractivity (Wildman–Crippen MR) is 144 cm³/mol. The van der Waals surface area contributed by atoms with E-state index in [0.717, 1.165) is 50.4 Å². The molecule has 0 fully saturated rings. The smallest absolute Gasteiger partial charge is 0.494 e. The number of hydrogen-bond donors (Lipinski definition) is 1. The molecule has 0 aliphatic rings. The fourth-order valence-corrected chi connectivity index (χ4v) is 5.33. The zero-order valence-corrected chi connectivity index (χ0v) is 22.5. The van der Waals surface area contributed by atoms with Gasteiger partial charge in [-0.2, -0.15) is 21.6 Å². The van der Waals surface area contributed by atoms with Crippen molar-refractivity contribution in [3.05, 3.63) is 78.9 Å². The number of benzene rings is 3. The van der Waals surface area contributed by atoms with Gasteiger partial charge in [0.05, 0.1) is 13.2 Å². The van der Waals surface area contributed by atoms with Crippen LogP contribution in [0.5, 0.6) is 11.5 Å². The molecule has 5 nitrogen and oxygen atoms in total. The molecule has 0 saturated carbocycles. The van der Waals surface area contributed by atoms with Crippen molar-refractivity contribution < 1.29 is 35.6 Å². The van der Waals surface area contributed by atoms with Crippen molar-refractivity contribution >= 4 is 34.0 Å². The second kappa shape index (κ2) is 15.0. The Bertz CT molecular complexity index is 1100. The summed E-state index contributed by atoms with van der Waals surface area (Å²) in [5.41, 5.74) is -5.53. The highest BCUT2D eigenvalue weighted by molar-refractivity contribution is 7.86. The van der Waals surface area contributed by atoms with Gasteiger partial charge in [0.15, 0.2) is 0 Å². The molecule has 0 radical (unpaired) electrons. The summed E-state index contributed by atoms with van der Waals surface area (Å²) in [6, 6.07) is 28.0. The third kappa shape index (κ3) is 10.3. The predicted octanol–water partition coefficient (Wildman–Crippen LogP) is 6.20. The van der Waals surface area contributed by atoms with Crippen LogP contribution < -0.4 is 25.4 Å². The number of unbranched alkanes of at least 4 members (excludes halogenated alkanes) is 2. The maximum Gasteiger partial charge on any atom is 0.522 e. The van der Waals surface area contributed by atoms with Crippen molar-refractivity contribution in [3.63, 3.8) is 0 Å². The summed E-state index contributed by atoms with van der Waals surface area (Å²) in [5, 5.41) is 4.00. The van der Waals surface area contributed by atoms with Gasteiger partial charge in [0, 0.05) is 0 Å². The van der Waals surface area contributed by atoms with E-state index in [1.165, 1.54) is 15.9 Å². The van der Waals surface area contributed by atoms with E-state index >= 15 is 0 Å². The van der Waals surface area contributed by atoms with Gasteiger partial charge in [-0.3, -0.25) is 4.55 Å². The standard InChI is InChI=1S/C26H31O2P.CHF3O3S/c1-3-5-20-27-22-12-16-25(17-13-22)29(24-10-8-7-9-11-24)26-18-14-23(15-19-26)28-21-6-4-2;2-1(3,4)8(5,6)7/h7-19H,3-6,20-21H2,1-2H3;(H,5,6,7). The van der Waals surface area contributed by atoms with E-state index in [2.05, 4.69) is 92.7 Å². The highest BCUT2D eigenvalue weighted by atomic mass is 32.2. The molecule has 3 rings (SSSR count). The molecule has 0 atom stereocenters. The number of halogens is 3. The molecule has 10 heteroatoms. The maximum atomic E-state index is 10.7. The Morgan fingerprint density at radius 3 is 1.38 bits per heavy atom. The highest BCUT2D eigenvalue weighted by Gasteiger charge is 2.44. The van der Waals surface area contributed by atoms with E-state index in [9.17, 15) is 13.2 Å². The first-order chi connectivity index (χ1) is 17.6. The number of alkyl halides is 3. The summed E-state index contributed by atoms with van der Waals surface area (Å²) >= 11 is 0. The molecule has 0 saturated heterocycles. The summed E-state index contributed by atoms with van der Waals surface area (Å²) in [6.07, 6.45) is 4.47. The van der Waals surface area contributed by atoms with Crippen LogP contribution in [0.1, 0.15) is 39.5 Å². The van der Waals surface area contributed by atoms with Crippen LogP contribution in [0.3, 0.4) is 0 Å². The van der Waals surface area contributed by atoms with Crippen LogP contribution in [0.2, 0.25) is 0 Å². The minimum absolute atomic E-state index is 0.614. The topological polar surface area (TPSA) is 72.8 Å². The first kappa shape index (κ1) is 30.6. The summed E-state index contributed by atoms with van der Waals surface area (Å²) in [4.78, 5) is 0. The molecule has 0 amide bonds. The molecule has 202 valence electrons. The lowest BCUT2D eigenvalue weighted by Crippen LogP contribution is -2.21. The van der Waals surface area contributed by atoms with Gasteiger partial charge in [-0.25, -0.2) is 0 Å². The van der Waals surface area contributed by atoms with E-state index in [1.807, 2.05) is 0 Å². The largest absolute Gasteiger partial charge is 0.522 e. The van der Waals surface area contributed by atoms with E-state index in [1.54, 1.807) is 0 Å². The normalized spacial score (nSPS) is 11.5. The lowest BCUT2D eigenvalue weighted by molar-refractivity contribution is -0.0510. The Labute approximate surface area is 218 Å². The van der Waals surface area contributed by atoms with Crippen LogP contribution in [-0.2, 0) is 10.1 Å². The molecular formula is C27H32F3O5PS. The Kier molecular flexibility index (Phi) is 12.4. The minimum atomic E-state index is -5.84. The number of ether oxygens (including phenoxy) is 2. The molecule has 0 spiro atoms. The van der Waals surface area contributed by atoms with Crippen LogP contribution in [0.25, 0.3) is 0 Å². The maximum absolute atomic E-state index is 10.7. The molecule has 0 aromatic heterocycles. The van der Waals surface area contributed by atoms with Crippen LogP contribution in [0.4, 0.5) is 13.2 Å². The van der Waals surface area contributed by atoms with Crippen molar-refractivity contribution in [1.82, 2.24) is 0 Å². The van der Waals surface area contributed by atoms with Gasteiger partial charge in [-0.1, -0.05) is 81.3 Å². The molecular weight excluding hydrogens is 524 g/mol. The number of rotatable bonds is 11.